The molecule has 0 aliphatic heterocycles. The lowest BCUT2D eigenvalue weighted by Gasteiger charge is -2.15. The molecule has 3 aromatic carbocycles. The molecule has 0 saturated heterocycles. The van der Waals surface area contributed by atoms with Crippen LogP contribution in [0.25, 0.3) is 10.8 Å². The Bertz CT molecular complexity index is 1240. The fourth-order valence-electron chi connectivity index (χ4n) is 2.71. The van der Waals surface area contributed by atoms with Crippen LogP contribution in [-0.2, 0) is 14.9 Å². The van der Waals surface area contributed by atoms with Gasteiger partial charge in [-0.3, -0.25) is 0 Å². The van der Waals surface area contributed by atoms with Crippen LogP contribution in [0.2, 0.25) is 0 Å². The maximum absolute atomic E-state index is 12.4. The first-order valence-electron chi connectivity index (χ1n) is 8.25. The molecular weight excluding hydrogens is 753 g/mol. The van der Waals surface area contributed by atoms with Crippen LogP contribution in [0.3, 0.4) is 0 Å². The van der Waals surface area contributed by atoms with Crippen molar-refractivity contribution in [1.29, 1.82) is 0 Å². The average molecular weight is 765 g/mol. The SMILES string of the molecule is O=C(OCCOc1ccc(S(=O)(=O)[O-])c2ccccc12)c1c(I)cc(I)c(O)c1I. The van der Waals surface area contributed by atoms with E-state index in [4.69, 9.17) is 9.47 Å². The Morgan fingerprint density at radius 1 is 1.00 bits per heavy atom. The average Bonchev–Trinajstić information content (AvgIpc) is 2.68. The van der Waals surface area contributed by atoms with Crippen LogP contribution in [0.15, 0.2) is 47.4 Å². The first-order valence-corrected chi connectivity index (χ1v) is 12.9. The summed E-state index contributed by atoms with van der Waals surface area (Å²) in [5, 5.41) is 10.8. The summed E-state index contributed by atoms with van der Waals surface area (Å²) in [7, 11) is -4.63. The quantitative estimate of drug-likeness (QED) is 0.170. The summed E-state index contributed by atoms with van der Waals surface area (Å²) >= 11 is 5.88. The largest absolute Gasteiger partial charge is 0.744 e. The molecule has 1 N–H and O–H groups in total. The van der Waals surface area contributed by atoms with E-state index in [9.17, 15) is 22.9 Å². The lowest BCUT2D eigenvalue weighted by Crippen LogP contribution is -2.15. The van der Waals surface area contributed by atoms with Crippen LogP contribution in [0.1, 0.15) is 10.4 Å². The van der Waals surface area contributed by atoms with E-state index < -0.39 is 16.1 Å². The van der Waals surface area contributed by atoms with Gasteiger partial charge in [0, 0.05) is 14.3 Å². The monoisotopic (exact) mass is 765 g/mol. The van der Waals surface area contributed by atoms with Gasteiger partial charge in [-0.05, 0) is 86.0 Å². The molecule has 0 aliphatic carbocycles. The molecule has 3 aromatic rings. The van der Waals surface area contributed by atoms with E-state index in [0.29, 0.717) is 21.8 Å². The van der Waals surface area contributed by atoms with E-state index in [1.807, 2.05) is 67.8 Å². The molecule has 0 heterocycles. The van der Waals surface area contributed by atoms with Gasteiger partial charge in [-0.15, -0.1) is 0 Å². The van der Waals surface area contributed by atoms with Crippen molar-refractivity contribution in [3.8, 4) is 11.5 Å². The number of hydrogen-bond acceptors (Lipinski definition) is 7. The summed E-state index contributed by atoms with van der Waals surface area (Å²) in [6, 6.07) is 10.8. The Kier molecular flexibility index (Phi) is 7.68. The van der Waals surface area contributed by atoms with Gasteiger partial charge in [0.25, 0.3) is 0 Å². The summed E-state index contributed by atoms with van der Waals surface area (Å²) in [6.45, 7) is -0.0452. The number of rotatable bonds is 6. The third-order valence-electron chi connectivity index (χ3n) is 4.04. The lowest BCUT2D eigenvalue weighted by atomic mass is 10.1. The molecule has 158 valence electrons. The third-order valence-corrected chi connectivity index (χ3v) is 7.66. The van der Waals surface area contributed by atoms with Crippen molar-refractivity contribution < 1.29 is 32.3 Å². The van der Waals surface area contributed by atoms with Crippen molar-refractivity contribution in [3.63, 3.8) is 0 Å². The van der Waals surface area contributed by atoms with E-state index in [1.165, 1.54) is 18.2 Å². The van der Waals surface area contributed by atoms with Crippen molar-refractivity contribution in [2.24, 2.45) is 0 Å². The fourth-order valence-corrected chi connectivity index (χ4v) is 7.21. The Morgan fingerprint density at radius 2 is 1.67 bits per heavy atom. The summed E-state index contributed by atoms with van der Waals surface area (Å²) in [5.41, 5.74) is 0.282. The van der Waals surface area contributed by atoms with E-state index >= 15 is 0 Å². The van der Waals surface area contributed by atoms with Gasteiger partial charge in [0.05, 0.1) is 17.6 Å². The topological polar surface area (TPSA) is 113 Å². The molecule has 0 aromatic heterocycles. The number of fused-ring (bicyclic) bond motifs is 1. The van der Waals surface area contributed by atoms with Gasteiger partial charge in [-0.1, -0.05) is 24.3 Å². The number of phenolic OH excluding ortho intramolecular Hbond substituents is 1. The van der Waals surface area contributed by atoms with Crippen molar-refractivity contribution in [2.45, 2.75) is 4.90 Å². The number of hydrogen-bond donors (Lipinski definition) is 1. The minimum absolute atomic E-state index is 0.0166. The van der Waals surface area contributed by atoms with E-state index in [2.05, 4.69) is 0 Å². The second-order valence-corrected chi connectivity index (χ2v) is 10.7. The number of benzene rings is 3. The minimum Gasteiger partial charge on any atom is -0.744 e. The zero-order valence-corrected chi connectivity index (χ0v) is 22.2. The first-order chi connectivity index (χ1) is 14.1. The van der Waals surface area contributed by atoms with Gasteiger partial charge in [0.1, 0.15) is 34.8 Å². The van der Waals surface area contributed by atoms with Crippen molar-refractivity contribution in [3.05, 3.63) is 58.7 Å². The van der Waals surface area contributed by atoms with Crippen LogP contribution >= 0.6 is 67.8 Å². The molecule has 0 bridgehead atoms. The number of aromatic hydroxyl groups is 1. The van der Waals surface area contributed by atoms with Crippen molar-refractivity contribution >= 4 is 94.6 Å². The molecule has 0 aliphatic rings. The number of carbonyl (C=O) groups excluding carboxylic acids is 1. The summed E-state index contributed by atoms with van der Waals surface area (Å²) in [4.78, 5) is 12.1. The molecule has 0 amide bonds. The molecule has 0 spiro atoms. The highest BCUT2D eigenvalue weighted by Crippen LogP contribution is 2.33. The predicted molar refractivity (Wildman–Crippen MR) is 134 cm³/mol. The molecule has 3 rings (SSSR count). The standard InChI is InChI=1S/C19H13I3O7S/c20-12-9-13(21)18(23)17(22)16(12)19(24)29-8-7-28-14-5-6-15(30(25,26)27)11-4-2-1-3-10(11)14/h1-6,9,23H,7-8H2,(H,25,26,27)/p-1. The Balaban J connectivity index is 1.72. The number of phenols is 1. The number of halogens is 3. The van der Waals surface area contributed by atoms with Crippen LogP contribution in [0.4, 0.5) is 0 Å². The lowest BCUT2D eigenvalue weighted by molar-refractivity contribution is 0.0448. The number of esters is 1. The van der Waals surface area contributed by atoms with Crippen LogP contribution in [0.5, 0.6) is 11.5 Å². The summed E-state index contributed by atoms with van der Waals surface area (Å²) in [6.07, 6.45) is 0. The van der Waals surface area contributed by atoms with E-state index in [1.54, 1.807) is 24.3 Å². The predicted octanol–water partition coefficient (Wildman–Crippen LogP) is 4.50. The molecule has 0 unspecified atom stereocenters. The number of ether oxygens (including phenoxy) is 2. The van der Waals surface area contributed by atoms with Crippen molar-refractivity contribution in [1.82, 2.24) is 0 Å². The molecule has 0 saturated carbocycles. The van der Waals surface area contributed by atoms with Gasteiger partial charge >= 0.3 is 5.97 Å². The molecule has 11 heteroatoms. The highest BCUT2D eigenvalue weighted by Gasteiger charge is 2.21. The molecule has 0 fully saturated rings. The summed E-state index contributed by atoms with van der Waals surface area (Å²) in [5.74, 6) is -0.193. The Hall–Kier alpha value is -0.910. The van der Waals surface area contributed by atoms with Crippen LogP contribution in [-0.4, -0.2) is 37.3 Å². The second-order valence-electron chi connectivity index (χ2n) is 5.92. The molecule has 7 nitrogen and oxygen atoms in total. The van der Waals surface area contributed by atoms with Gasteiger partial charge in [-0.2, -0.15) is 0 Å². The minimum atomic E-state index is -4.63. The van der Waals surface area contributed by atoms with Gasteiger partial charge in [0.15, 0.2) is 0 Å². The van der Waals surface area contributed by atoms with Crippen molar-refractivity contribution in [2.75, 3.05) is 13.2 Å². The smallest absolute Gasteiger partial charge is 0.340 e. The molecule has 0 radical (unpaired) electrons. The Morgan fingerprint density at radius 3 is 2.33 bits per heavy atom. The molecule has 30 heavy (non-hydrogen) atoms. The second kappa shape index (κ2) is 9.70. The normalized spacial score (nSPS) is 11.5. The first kappa shape index (κ1) is 23.7. The maximum atomic E-state index is 12.4. The van der Waals surface area contributed by atoms with Crippen LogP contribution in [0, 0.1) is 10.7 Å². The molecule has 0 atom stereocenters. The third kappa shape index (κ3) is 5.11. The molecular formula is C19H12I3O7S-. The highest BCUT2D eigenvalue weighted by molar-refractivity contribution is 14.1. The zero-order chi connectivity index (χ0) is 22.1. The summed E-state index contributed by atoms with van der Waals surface area (Å²) < 4.78 is 47.0. The van der Waals surface area contributed by atoms with Gasteiger partial charge in [0.2, 0.25) is 0 Å². The number of carbonyl (C=O) groups is 1. The van der Waals surface area contributed by atoms with Crippen LogP contribution < -0.4 is 4.74 Å². The maximum Gasteiger partial charge on any atom is 0.340 e. The fraction of sp³-hybridized carbons (Fsp3) is 0.105. The van der Waals surface area contributed by atoms with Gasteiger partial charge in [-0.25, -0.2) is 13.2 Å². The zero-order valence-electron chi connectivity index (χ0n) is 14.9. The van der Waals surface area contributed by atoms with E-state index in [-0.39, 0.29) is 34.8 Å². The Labute approximate surface area is 213 Å². The highest BCUT2D eigenvalue weighted by atomic mass is 127. The van der Waals surface area contributed by atoms with Gasteiger partial charge < -0.3 is 19.1 Å². The van der Waals surface area contributed by atoms with E-state index in [0.717, 1.165) is 0 Å².